The van der Waals surface area contributed by atoms with Crippen molar-refractivity contribution in [2.75, 3.05) is 13.6 Å². The first kappa shape index (κ1) is 18.2. The van der Waals surface area contributed by atoms with Crippen LogP contribution < -0.4 is 15.4 Å². The fourth-order valence-corrected chi connectivity index (χ4v) is 3.14. The molecule has 0 atom stereocenters. The molecule has 138 valence electrons. The Morgan fingerprint density at radius 3 is 2.58 bits per heavy atom. The van der Waals surface area contributed by atoms with Gasteiger partial charge in [0.05, 0.1) is 0 Å². The second-order valence-corrected chi connectivity index (χ2v) is 6.62. The zero-order valence-corrected chi connectivity index (χ0v) is 15.4. The van der Waals surface area contributed by atoms with E-state index in [0.717, 1.165) is 43.2 Å². The van der Waals surface area contributed by atoms with Gasteiger partial charge < -0.3 is 15.4 Å². The third-order valence-electron chi connectivity index (χ3n) is 4.62. The first-order chi connectivity index (χ1) is 12.8. The number of hydrogen-bond donors (Lipinski definition) is 2. The van der Waals surface area contributed by atoms with Crippen LogP contribution in [-0.2, 0) is 13.0 Å². The van der Waals surface area contributed by atoms with Gasteiger partial charge in [0, 0.05) is 32.4 Å². The van der Waals surface area contributed by atoms with Crippen LogP contribution in [0.4, 0.5) is 0 Å². The minimum atomic E-state index is 0.346. The maximum absolute atomic E-state index is 5.90. The van der Waals surface area contributed by atoms with E-state index in [4.69, 9.17) is 4.74 Å². The molecule has 0 amide bonds. The number of guanidine groups is 1. The predicted octanol–water partition coefficient (Wildman–Crippen LogP) is 3.31. The first-order valence-electron chi connectivity index (χ1n) is 9.43. The zero-order valence-electron chi connectivity index (χ0n) is 15.4. The minimum Gasteiger partial charge on any atom is -0.474 e. The Morgan fingerprint density at radius 2 is 1.88 bits per heavy atom. The normalized spacial score (nSPS) is 15.0. The molecule has 2 N–H and O–H groups in total. The van der Waals surface area contributed by atoms with Crippen molar-refractivity contribution in [3.63, 3.8) is 0 Å². The van der Waals surface area contributed by atoms with E-state index >= 15 is 0 Å². The highest BCUT2D eigenvalue weighted by Gasteiger charge is 2.16. The lowest BCUT2D eigenvalue weighted by Crippen LogP contribution is -2.37. The summed E-state index contributed by atoms with van der Waals surface area (Å²) in [5.41, 5.74) is 2.42. The third kappa shape index (κ3) is 5.76. The van der Waals surface area contributed by atoms with E-state index < -0.39 is 0 Å². The van der Waals surface area contributed by atoms with Crippen molar-refractivity contribution in [3.8, 4) is 5.88 Å². The molecule has 1 fully saturated rings. The molecule has 0 bridgehead atoms. The smallest absolute Gasteiger partial charge is 0.213 e. The molecule has 3 rings (SSSR count). The summed E-state index contributed by atoms with van der Waals surface area (Å²) in [5, 5.41) is 6.66. The largest absolute Gasteiger partial charge is 0.474 e. The minimum absolute atomic E-state index is 0.346. The molecule has 0 unspecified atom stereocenters. The molecular weight excluding hydrogens is 324 g/mol. The molecule has 26 heavy (non-hydrogen) atoms. The van der Waals surface area contributed by atoms with Crippen molar-refractivity contribution in [1.29, 1.82) is 0 Å². The second kappa shape index (κ2) is 9.80. The van der Waals surface area contributed by atoms with Crippen molar-refractivity contribution in [2.24, 2.45) is 4.99 Å². The number of nitrogens with zero attached hydrogens (tertiary/aromatic N) is 2. The van der Waals surface area contributed by atoms with Crippen LogP contribution in [-0.4, -0.2) is 30.6 Å². The predicted molar refractivity (Wildman–Crippen MR) is 105 cm³/mol. The van der Waals surface area contributed by atoms with Gasteiger partial charge in [-0.2, -0.15) is 0 Å². The Bertz CT molecular complexity index is 679. The van der Waals surface area contributed by atoms with Crippen LogP contribution in [0.1, 0.15) is 36.8 Å². The molecule has 0 radical (unpaired) electrons. The summed E-state index contributed by atoms with van der Waals surface area (Å²) in [6.07, 6.45) is 8.02. The van der Waals surface area contributed by atoms with E-state index in [1.807, 2.05) is 18.3 Å². The Morgan fingerprint density at radius 1 is 1.08 bits per heavy atom. The Balaban J connectivity index is 1.40. The number of benzene rings is 1. The summed E-state index contributed by atoms with van der Waals surface area (Å²) >= 11 is 0. The fraction of sp³-hybridized carbons (Fsp3) is 0.429. The van der Waals surface area contributed by atoms with Crippen LogP contribution in [0.5, 0.6) is 5.88 Å². The topological polar surface area (TPSA) is 58.5 Å². The highest BCUT2D eigenvalue weighted by Crippen LogP contribution is 2.22. The van der Waals surface area contributed by atoms with Gasteiger partial charge in [-0.15, -0.1) is 0 Å². The van der Waals surface area contributed by atoms with Gasteiger partial charge in [-0.25, -0.2) is 4.98 Å². The lowest BCUT2D eigenvalue weighted by Gasteiger charge is -2.13. The van der Waals surface area contributed by atoms with Gasteiger partial charge >= 0.3 is 0 Å². The number of aliphatic imine (C=N–C) groups is 1. The van der Waals surface area contributed by atoms with E-state index in [2.05, 4.69) is 50.9 Å². The fourth-order valence-electron chi connectivity index (χ4n) is 3.14. The molecule has 5 nitrogen and oxygen atoms in total. The van der Waals surface area contributed by atoms with Crippen molar-refractivity contribution in [3.05, 3.63) is 59.8 Å². The molecule has 1 aromatic heterocycles. The van der Waals surface area contributed by atoms with Crippen LogP contribution >= 0.6 is 0 Å². The van der Waals surface area contributed by atoms with Crippen molar-refractivity contribution in [2.45, 2.75) is 44.8 Å². The van der Waals surface area contributed by atoms with Crippen LogP contribution in [0.2, 0.25) is 0 Å². The number of aromatic nitrogens is 1. The molecule has 1 aromatic carbocycles. The molecule has 0 aliphatic heterocycles. The molecule has 0 saturated heterocycles. The van der Waals surface area contributed by atoms with Crippen LogP contribution in [0.25, 0.3) is 0 Å². The summed E-state index contributed by atoms with van der Waals surface area (Å²) in [6, 6.07) is 14.5. The number of rotatable bonds is 7. The van der Waals surface area contributed by atoms with Crippen molar-refractivity contribution in [1.82, 2.24) is 15.6 Å². The standard InChI is InChI=1S/C21H28N4O/c1-22-21(23-14-13-17-7-3-2-4-8-17)25-16-18-11-12-20(24-15-18)26-19-9-5-6-10-19/h2-4,7-8,11-12,15,19H,5-6,9-10,13-14,16H2,1H3,(H2,22,23,25). The molecule has 1 heterocycles. The quantitative estimate of drug-likeness (QED) is 0.593. The van der Waals surface area contributed by atoms with Gasteiger partial charge in [0.2, 0.25) is 5.88 Å². The van der Waals surface area contributed by atoms with Crippen LogP contribution in [0.3, 0.4) is 0 Å². The zero-order chi connectivity index (χ0) is 18.0. The summed E-state index contributed by atoms with van der Waals surface area (Å²) in [5.74, 6) is 1.53. The van der Waals surface area contributed by atoms with E-state index in [9.17, 15) is 0 Å². The summed E-state index contributed by atoms with van der Waals surface area (Å²) in [6.45, 7) is 1.53. The van der Waals surface area contributed by atoms with E-state index in [0.29, 0.717) is 12.6 Å². The van der Waals surface area contributed by atoms with Gasteiger partial charge in [-0.05, 0) is 43.2 Å². The van der Waals surface area contributed by atoms with Crippen LogP contribution in [0.15, 0.2) is 53.7 Å². The summed E-state index contributed by atoms with van der Waals surface area (Å²) in [4.78, 5) is 8.69. The van der Waals surface area contributed by atoms with E-state index in [1.165, 1.54) is 18.4 Å². The van der Waals surface area contributed by atoms with Gasteiger partial charge in [-0.3, -0.25) is 4.99 Å². The summed E-state index contributed by atoms with van der Waals surface area (Å²) < 4.78 is 5.90. The van der Waals surface area contributed by atoms with Crippen molar-refractivity contribution >= 4 is 5.96 Å². The van der Waals surface area contributed by atoms with Gasteiger partial charge in [0.15, 0.2) is 5.96 Å². The SMILES string of the molecule is CN=C(NCCc1ccccc1)NCc1ccc(OC2CCCC2)nc1. The van der Waals surface area contributed by atoms with Gasteiger partial charge in [0.1, 0.15) is 6.10 Å². The Labute approximate surface area is 155 Å². The number of ether oxygens (including phenoxy) is 1. The lowest BCUT2D eigenvalue weighted by atomic mass is 10.1. The highest BCUT2D eigenvalue weighted by molar-refractivity contribution is 5.79. The average molecular weight is 352 g/mol. The maximum atomic E-state index is 5.90. The lowest BCUT2D eigenvalue weighted by molar-refractivity contribution is 0.201. The van der Waals surface area contributed by atoms with E-state index in [-0.39, 0.29) is 0 Å². The van der Waals surface area contributed by atoms with E-state index in [1.54, 1.807) is 7.05 Å². The third-order valence-corrected chi connectivity index (χ3v) is 4.62. The van der Waals surface area contributed by atoms with Crippen molar-refractivity contribution < 1.29 is 4.74 Å². The molecule has 1 aliphatic carbocycles. The summed E-state index contributed by atoms with van der Waals surface area (Å²) in [7, 11) is 1.79. The van der Waals surface area contributed by atoms with Crippen LogP contribution in [0, 0.1) is 0 Å². The number of hydrogen-bond acceptors (Lipinski definition) is 3. The maximum Gasteiger partial charge on any atom is 0.213 e. The monoisotopic (exact) mass is 352 g/mol. The molecule has 5 heteroatoms. The highest BCUT2D eigenvalue weighted by atomic mass is 16.5. The molecule has 2 aromatic rings. The number of nitrogens with one attached hydrogen (secondary N) is 2. The number of pyridine rings is 1. The Kier molecular flexibility index (Phi) is 6.88. The first-order valence-corrected chi connectivity index (χ1v) is 9.43. The second-order valence-electron chi connectivity index (χ2n) is 6.62. The molecular formula is C21H28N4O. The molecule has 0 spiro atoms. The van der Waals surface area contributed by atoms with Gasteiger partial charge in [0.25, 0.3) is 0 Å². The Hall–Kier alpha value is -2.56. The average Bonchev–Trinajstić information content (AvgIpc) is 3.19. The molecule has 1 saturated carbocycles. The van der Waals surface area contributed by atoms with Gasteiger partial charge in [-0.1, -0.05) is 36.4 Å². The molecule has 1 aliphatic rings.